The maximum Gasteiger partial charge on any atom is 0.305 e. The lowest BCUT2D eigenvalue weighted by molar-refractivity contribution is -0.137. The molecule has 0 bridgehead atoms. The van der Waals surface area contributed by atoms with E-state index in [1.807, 2.05) is 0 Å². The van der Waals surface area contributed by atoms with Gasteiger partial charge in [0.05, 0.1) is 6.42 Å². The summed E-state index contributed by atoms with van der Waals surface area (Å²) in [6.07, 6.45) is 2.39. The van der Waals surface area contributed by atoms with Crippen LogP contribution in [0.2, 0.25) is 0 Å². The van der Waals surface area contributed by atoms with Crippen LogP contribution in [0.4, 0.5) is 0 Å². The van der Waals surface area contributed by atoms with Gasteiger partial charge in [0.15, 0.2) is 0 Å². The molecule has 1 aliphatic heterocycles. The molecular formula is C12H17N3O4. The highest BCUT2D eigenvalue weighted by atomic mass is 16.4. The second kappa shape index (κ2) is 5.38. The lowest BCUT2D eigenvalue weighted by Gasteiger charge is -2.21. The van der Waals surface area contributed by atoms with Gasteiger partial charge in [-0.1, -0.05) is 0 Å². The molecule has 1 fully saturated rings. The van der Waals surface area contributed by atoms with Crippen molar-refractivity contribution in [3.8, 4) is 0 Å². The van der Waals surface area contributed by atoms with E-state index in [1.165, 1.54) is 7.05 Å². The summed E-state index contributed by atoms with van der Waals surface area (Å²) in [4.78, 5) is 34.0. The summed E-state index contributed by atoms with van der Waals surface area (Å²) in [5.41, 5.74) is 0.290. The molecular weight excluding hydrogens is 250 g/mol. The van der Waals surface area contributed by atoms with Crippen molar-refractivity contribution in [2.75, 3.05) is 7.05 Å². The van der Waals surface area contributed by atoms with Crippen LogP contribution in [-0.4, -0.2) is 46.7 Å². The third kappa shape index (κ3) is 3.52. The molecule has 0 saturated heterocycles. The number of carbonyl (C=O) groups is 3. The Bertz CT molecular complexity index is 442. The van der Waals surface area contributed by atoms with E-state index in [1.54, 1.807) is 0 Å². The van der Waals surface area contributed by atoms with Gasteiger partial charge < -0.3 is 10.4 Å². The first-order valence-electron chi connectivity index (χ1n) is 6.34. The highest BCUT2D eigenvalue weighted by molar-refractivity contribution is 6.39. The zero-order valence-electron chi connectivity index (χ0n) is 10.8. The van der Waals surface area contributed by atoms with Gasteiger partial charge in [-0.25, -0.2) is 5.01 Å². The number of nitrogens with one attached hydrogen (secondary N) is 1. The Balaban J connectivity index is 1.97. The summed E-state index contributed by atoms with van der Waals surface area (Å²) < 4.78 is 0. The Morgan fingerprint density at radius 1 is 1.47 bits per heavy atom. The van der Waals surface area contributed by atoms with Gasteiger partial charge in [0.1, 0.15) is 5.71 Å². The molecule has 2 rings (SSSR count). The number of carboxylic acids is 1. The summed E-state index contributed by atoms with van der Waals surface area (Å²) in [7, 11) is 1.50. The van der Waals surface area contributed by atoms with Crippen LogP contribution in [0, 0.1) is 5.92 Å². The molecule has 1 atom stereocenters. The van der Waals surface area contributed by atoms with E-state index >= 15 is 0 Å². The van der Waals surface area contributed by atoms with Crippen molar-refractivity contribution in [1.82, 2.24) is 10.3 Å². The molecule has 0 spiro atoms. The van der Waals surface area contributed by atoms with Gasteiger partial charge >= 0.3 is 5.97 Å². The molecule has 1 aliphatic carbocycles. The van der Waals surface area contributed by atoms with Crippen molar-refractivity contribution in [2.24, 2.45) is 11.0 Å². The molecule has 0 aromatic carbocycles. The Morgan fingerprint density at radius 3 is 2.68 bits per heavy atom. The minimum atomic E-state index is -0.921. The minimum absolute atomic E-state index is 0.0710. The smallest absolute Gasteiger partial charge is 0.305 e. The average molecular weight is 267 g/mol. The van der Waals surface area contributed by atoms with Gasteiger partial charge in [-0.15, -0.1) is 0 Å². The zero-order valence-corrected chi connectivity index (χ0v) is 10.8. The first-order valence-corrected chi connectivity index (χ1v) is 6.34. The summed E-state index contributed by atoms with van der Waals surface area (Å²) in [6, 6.07) is -0.337. The van der Waals surface area contributed by atoms with Crippen LogP contribution in [-0.2, 0) is 14.4 Å². The van der Waals surface area contributed by atoms with E-state index < -0.39 is 5.97 Å². The number of aliphatic carboxylic acids is 1. The van der Waals surface area contributed by atoms with E-state index in [0.29, 0.717) is 6.42 Å². The van der Waals surface area contributed by atoms with Gasteiger partial charge in [-0.05, 0) is 18.8 Å². The minimum Gasteiger partial charge on any atom is -0.481 e. The molecule has 7 heteroatoms. The molecule has 2 aliphatic rings. The summed E-state index contributed by atoms with van der Waals surface area (Å²) >= 11 is 0. The Morgan fingerprint density at radius 2 is 2.16 bits per heavy atom. The van der Waals surface area contributed by atoms with Crippen LogP contribution >= 0.6 is 0 Å². The fourth-order valence-corrected chi connectivity index (χ4v) is 2.11. The van der Waals surface area contributed by atoms with Gasteiger partial charge in [0.2, 0.25) is 5.91 Å². The fourth-order valence-electron chi connectivity index (χ4n) is 2.11. The molecule has 0 aromatic heterocycles. The second-order valence-corrected chi connectivity index (χ2v) is 4.98. The molecule has 1 saturated carbocycles. The van der Waals surface area contributed by atoms with Crippen LogP contribution in [0.1, 0.15) is 32.1 Å². The Kier molecular flexibility index (Phi) is 3.82. The first-order chi connectivity index (χ1) is 8.97. The first kappa shape index (κ1) is 13.5. The molecule has 0 aromatic rings. The summed E-state index contributed by atoms with van der Waals surface area (Å²) in [5, 5.41) is 16.6. The number of carbonyl (C=O) groups excluding carboxylic acids is 2. The molecule has 2 amide bonds. The summed E-state index contributed by atoms with van der Waals surface area (Å²) in [5.74, 6) is -1.16. The number of hydrazone groups is 1. The van der Waals surface area contributed by atoms with Crippen LogP contribution in [0.3, 0.4) is 0 Å². The standard InChI is InChI=1S/C12H17N3O4/c1-15-10(16)5-4-8(14-15)12(19)13-9(6-11(17)18)7-2-3-7/h7,9H,2-6H2,1H3,(H,13,19)(H,17,18). The van der Waals surface area contributed by atoms with Crippen LogP contribution in [0.5, 0.6) is 0 Å². The molecule has 2 N–H and O–H groups in total. The highest BCUT2D eigenvalue weighted by Crippen LogP contribution is 2.34. The van der Waals surface area contributed by atoms with Crippen molar-refractivity contribution < 1.29 is 19.5 Å². The van der Waals surface area contributed by atoms with Crippen LogP contribution < -0.4 is 5.32 Å². The van der Waals surface area contributed by atoms with E-state index in [9.17, 15) is 14.4 Å². The van der Waals surface area contributed by atoms with E-state index in [2.05, 4.69) is 10.4 Å². The normalized spacial score (nSPS) is 20.8. The SMILES string of the molecule is CN1N=C(C(=O)NC(CC(=O)O)C2CC2)CCC1=O. The lowest BCUT2D eigenvalue weighted by atomic mass is 10.1. The quantitative estimate of drug-likeness (QED) is 0.730. The number of amides is 2. The highest BCUT2D eigenvalue weighted by Gasteiger charge is 2.35. The third-order valence-electron chi connectivity index (χ3n) is 3.37. The largest absolute Gasteiger partial charge is 0.481 e. The number of hydrogen-bond donors (Lipinski definition) is 2. The maximum absolute atomic E-state index is 12.0. The molecule has 104 valence electrons. The van der Waals surface area contributed by atoms with Gasteiger partial charge in [0.25, 0.3) is 5.91 Å². The number of hydrogen-bond acceptors (Lipinski definition) is 4. The Labute approximate surface area is 110 Å². The van der Waals surface area contributed by atoms with Crippen molar-refractivity contribution in [3.05, 3.63) is 0 Å². The van der Waals surface area contributed by atoms with Crippen LogP contribution in [0.15, 0.2) is 5.10 Å². The number of carboxylic acid groups (broad SMARTS) is 1. The van der Waals surface area contributed by atoms with Crippen LogP contribution in [0.25, 0.3) is 0 Å². The molecule has 19 heavy (non-hydrogen) atoms. The van der Waals surface area contributed by atoms with Gasteiger partial charge in [-0.3, -0.25) is 14.4 Å². The van der Waals surface area contributed by atoms with E-state index in [0.717, 1.165) is 17.9 Å². The third-order valence-corrected chi connectivity index (χ3v) is 3.37. The average Bonchev–Trinajstić information content (AvgIpc) is 3.15. The topological polar surface area (TPSA) is 99.1 Å². The zero-order chi connectivity index (χ0) is 14.0. The van der Waals surface area contributed by atoms with Crippen molar-refractivity contribution in [1.29, 1.82) is 0 Å². The maximum atomic E-state index is 12.0. The summed E-state index contributed by atoms with van der Waals surface area (Å²) in [6.45, 7) is 0. The molecule has 1 heterocycles. The molecule has 1 unspecified atom stereocenters. The monoisotopic (exact) mass is 267 g/mol. The van der Waals surface area contributed by atoms with Gasteiger partial charge in [-0.2, -0.15) is 5.10 Å². The van der Waals surface area contributed by atoms with Gasteiger partial charge in [0, 0.05) is 25.9 Å². The number of rotatable bonds is 5. The predicted molar refractivity (Wildman–Crippen MR) is 66.3 cm³/mol. The van der Waals surface area contributed by atoms with E-state index in [-0.39, 0.29) is 42.3 Å². The Hall–Kier alpha value is -1.92. The lowest BCUT2D eigenvalue weighted by Crippen LogP contribution is -2.44. The molecule has 0 radical (unpaired) electrons. The van der Waals surface area contributed by atoms with Crippen molar-refractivity contribution in [3.63, 3.8) is 0 Å². The number of nitrogens with zero attached hydrogens (tertiary/aromatic N) is 2. The van der Waals surface area contributed by atoms with Crippen molar-refractivity contribution in [2.45, 2.75) is 38.1 Å². The fraction of sp³-hybridized carbons (Fsp3) is 0.667. The second-order valence-electron chi connectivity index (χ2n) is 4.98. The van der Waals surface area contributed by atoms with E-state index in [4.69, 9.17) is 5.11 Å². The predicted octanol–water partition coefficient (Wildman–Crippen LogP) is -0.0359. The molecule has 7 nitrogen and oxygen atoms in total. The van der Waals surface area contributed by atoms with Crippen molar-refractivity contribution >= 4 is 23.5 Å².